The molecule has 0 radical (unpaired) electrons. The van der Waals surface area contributed by atoms with Crippen LogP contribution < -0.4 is 25.4 Å². The predicted molar refractivity (Wildman–Crippen MR) is 182 cm³/mol. The van der Waals surface area contributed by atoms with Crippen molar-refractivity contribution in [3.05, 3.63) is 72.1 Å². The second-order valence-electron chi connectivity index (χ2n) is 12.9. The number of anilines is 2. The maximum atomic E-state index is 14.9. The van der Waals surface area contributed by atoms with Gasteiger partial charge >= 0.3 is 12.1 Å². The third-order valence-electron chi connectivity index (χ3n) is 9.26. The zero-order chi connectivity index (χ0) is 35.5. The standard InChI is InChI=1S/C36H42F3N7O4/c1-4-18-49-26-9-6-24(7-10-26)25-8-11-27(29(19-25)46-15-12-23(3)44-46)32(36(37,38)39)50-31-20-30(42-34(40)43-31)45-16-13-35(14-17-45)21-28(41-22-35)33(47)48-5-2/h6-12,15,19-20,28,32,41H,4-5,13-14,16-18,21-22H2,1-3H3,(H2,40,42,43)/t28-,32+/m0/s1. The Hall–Kier alpha value is -4.85. The average Bonchev–Trinajstić information content (AvgIpc) is 3.72. The molecule has 0 amide bonds. The van der Waals surface area contributed by atoms with Gasteiger partial charge in [0.2, 0.25) is 17.9 Å². The van der Waals surface area contributed by atoms with Gasteiger partial charge in [-0.15, -0.1) is 0 Å². The summed E-state index contributed by atoms with van der Waals surface area (Å²) >= 11 is 0. The summed E-state index contributed by atoms with van der Waals surface area (Å²) in [6.45, 7) is 8.32. The number of piperidine rings is 1. The third kappa shape index (κ3) is 7.80. The highest BCUT2D eigenvalue weighted by Gasteiger charge is 2.46. The molecule has 0 aliphatic carbocycles. The fourth-order valence-electron chi connectivity index (χ4n) is 6.65. The van der Waals surface area contributed by atoms with Crippen LogP contribution in [0, 0.1) is 12.3 Å². The van der Waals surface area contributed by atoms with Gasteiger partial charge in [0, 0.05) is 37.5 Å². The van der Waals surface area contributed by atoms with Crippen molar-refractivity contribution in [3.63, 3.8) is 0 Å². The summed E-state index contributed by atoms with van der Waals surface area (Å²) in [6.07, 6.45) is -2.54. The Morgan fingerprint density at radius 3 is 2.46 bits per heavy atom. The van der Waals surface area contributed by atoms with Crippen LogP contribution in [0.1, 0.15) is 56.9 Å². The van der Waals surface area contributed by atoms with E-state index in [0.717, 1.165) is 24.8 Å². The number of aryl methyl sites for hydroxylation is 1. The molecule has 14 heteroatoms. The van der Waals surface area contributed by atoms with Crippen molar-refractivity contribution in [1.82, 2.24) is 25.1 Å². The molecule has 6 rings (SSSR count). The number of halogens is 3. The Morgan fingerprint density at radius 1 is 1.06 bits per heavy atom. The summed E-state index contributed by atoms with van der Waals surface area (Å²) in [5, 5.41) is 7.72. The van der Waals surface area contributed by atoms with Gasteiger partial charge in [-0.3, -0.25) is 4.79 Å². The van der Waals surface area contributed by atoms with E-state index in [-0.39, 0.29) is 40.5 Å². The summed E-state index contributed by atoms with van der Waals surface area (Å²) in [6, 6.07) is 14.9. The van der Waals surface area contributed by atoms with Crippen LogP contribution in [0.5, 0.6) is 11.6 Å². The van der Waals surface area contributed by atoms with Crippen LogP contribution >= 0.6 is 0 Å². The lowest BCUT2D eigenvalue weighted by Crippen LogP contribution is -2.41. The maximum absolute atomic E-state index is 14.9. The fraction of sp³-hybridized carbons (Fsp3) is 0.444. The van der Waals surface area contributed by atoms with Crippen molar-refractivity contribution in [2.24, 2.45) is 5.41 Å². The molecule has 266 valence electrons. The van der Waals surface area contributed by atoms with Gasteiger partial charge in [-0.25, -0.2) is 4.68 Å². The zero-order valence-electron chi connectivity index (χ0n) is 28.4. The fourth-order valence-corrected chi connectivity index (χ4v) is 6.65. The van der Waals surface area contributed by atoms with Crippen LogP contribution in [0.2, 0.25) is 0 Å². The third-order valence-corrected chi connectivity index (χ3v) is 9.26. The molecule has 4 aromatic rings. The summed E-state index contributed by atoms with van der Waals surface area (Å²) in [7, 11) is 0. The highest BCUT2D eigenvalue weighted by atomic mass is 19.4. The van der Waals surface area contributed by atoms with Gasteiger partial charge in [-0.05, 0) is 80.3 Å². The number of ether oxygens (including phenoxy) is 3. The number of nitrogens with one attached hydrogen (secondary N) is 1. The molecule has 1 spiro atoms. The van der Waals surface area contributed by atoms with E-state index in [9.17, 15) is 18.0 Å². The van der Waals surface area contributed by atoms with Crippen molar-refractivity contribution in [3.8, 4) is 28.4 Å². The lowest BCUT2D eigenvalue weighted by molar-refractivity contribution is -0.198. The number of carbonyl (C=O) groups excluding carboxylic acids is 1. The number of nitrogens with zero attached hydrogens (tertiary/aromatic N) is 5. The highest BCUT2D eigenvalue weighted by molar-refractivity contribution is 5.76. The molecular formula is C36H42F3N7O4. The quantitative estimate of drug-likeness (QED) is 0.175. The predicted octanol–water partition coefficient (Wildman–Crippen LogP) is 6.20. The number of carbonyl (C=O) groups is 1. The molecule has 2 aliphatic heterocycles. The monoisotopic (exact) mass is 693 g/mol. The normalized spacial score (nSPS) is 17.9. The average molecular weight is 694 g/mol. The molecule has 2 atom stereocenters. The van der Waals surface area contributed by atoms with E-state index < -0.39 is 12.3 Å². The molecule has 2 fully saturated rings. The van der Waals surface area contributed by atoms with Gasteiger partial charge < -0.3 is 30.2 Å². The van der Waals surface area contributed by atoms with E-state index in [0.29, 0.717) is 62.1 Å². The first-order valence-electron chi connectivity index (χ1n) is 16.9. The van der Waals surface area contributed by atoms with Gasteiger partial charge in [-0.2, -0.15) is 28.2 Å². The minimum Gasteiger partial charge on any atom is -0.494 e. The van der Waals surface area contributed by atoms with Gasteiger partial charge in [-0.1, -0.05) is 31.2 Å². The summed E-state index contributed by atoms with van der Waals surface area (Å²) < 4.78 is 62.8. The number of benzene rings is 2. The second kappa shape index (κ2) is 14.6. The number of nitrogens with two attached hydrogens (primary N) is 1. The number of nitrogen functional groups attached to an aromatic ring is 1. The van der Waals surface area contributed by atoms with E-state index in [1.54, 1.807) is 38.2 Å². The van der Waals surface area contributed by atoms with E-state index in [1.807, 2.05) is 36.1 Å². The minimum atomic E-state index is -4.82. The second-order valence-corrected chi connectivity index (χ2v) is 12.9. The van der Waals surface area contributed by atoms with Gasteiger partial charge in [0.25, 0.3) is 0 Å². The molecule has 0 bridgehead atoms. The summed E-state index contributed by atoms with van der Waals surface area (Å²) in [5.41, 5.74) is 8.16. The molecule has 0 unspecified atom stereocenters. The number of esters is 1. The lowest BCUT2D eigenvalue weighted by Gasteiger charge is -2.39. The first-order valence-corrected chi connectivity index (χ1v) is 16.9. The number of hydrogen-bond acceptors (Lipinski definition) is 10. The molecule has 2 aromatic heterocycles. The van der Waals surface area contributed by atoms with Crippen LogP contribution in [0.15, 0.2) is 60.8 Å². The Kier molecular flexibility index (Phi) is 10.2. The molecule has 2 aliphatic rings. The molecule has 4 heterocycles. The molecule has 11 nitrogen and oxygen atoms in total. The van der Waals surface area contributed by atoms with Gasteiger partial charge in [0.05, 0.1) is 24.6 Å². The van der Waals surface area contributed by atoms with Crippen molar-refractivity contribution in [2.45, 2.75) is 64.8 Å². The van der Waals surface area contributed by atoms with Crippen LogP contribution in [-0.4, -0.2) is 70.8 Å². The first kappa shape index (κ1) is 35.0. The highest BCUT2D eigenvalue weighted by Crippen LogP contribution is 2.43. The number of hydrogen-bond donors (Lipinski definition) is 2. The summed E-state index contributed by atoms with van der Waals surface area (Å²) in [5.74, 6) is 0.346. The van der Waals surface area contributed by atoms with E-state index in [1.165, 1.54) is 16.8 Å². The Balaban J connectivity index is 1.26. The van der Waals surface area contributed by atoms with Gasteiger partial charge in [0.15, 0.2) is 0 Å². The Morgan fingerprint density at radius 2 is 1.80 bits per heavy atom. The topological polar surface area (TPSA) is 130 Å². The Labute approximate surface area is 288 Å². The van der Waals surface area contributed by atoms with E-state index >= 15 is 0 Å². The molecule has 3 N–H and O–H groups in total. The SMILES string of the molecule is CCCOc1ccc(-c2ccc([C@@H](Oc3cc(N4CCC5(CC4)CN[C@H](C(=O)OCC)C5)nc(N)n3)C(F)(F)F)c(-n3ccc(C)n3)c2)cc1. The smallest absolute Gasteiger partial charge is 0.429 e. The zero-order valence-corrected chi connectivity index (χ0v) is 28.4. The van der Waals surface area contributed by atoms with Crippen LogP contribution in [-0.2, 0) is 9.53 Å². The number of alkyl halides is 3. The maximum Gasteiger partial charge on any atom is 0.429 e. The minimum absolute atomic E-state index is 0.0779. The van der Waals surface area contributed by atoms with Crippen LogP contribution in [0.25, 0.3) is 16.8 Å². The van der Waals surface area contributed by atoms with Crippen molar-refractivity contribution in [2.75, 3.05) is 43.5 Å². The number of aromatic nitrogens is 4. The van der Waals surface area contributed by atoms with Crippen molar-refractivity contribution < 1.29 is 32.2 Å². The van der Waals surface area contributed by atoms with Gasteiger partial charge in [0.1, 0.15) is 17.6 Å². The van der Waals surface area contributed by atoms with Crippen LogP contribution in [0.4, 0.5) is 24.9 Å². The molecule has 2 aromatic carbocycles. The lowest BCUT2D eigenvalue weighted by atomic mass is 9.76. The van der Waals surface area contributed by atoms with Crippen molar-refractivity contribution >= 4 is 17.7 Å². The molecule has 0 saturated carbocycles. The Bertz CT molecular complexity index is 1790. The first-order chi connectivity index (χ1) is 24.0. The van der Waals surface area contributed by atoms with Crippen molar-refractivity contribution in [1.29, 1.82) is 0 Å². The van der Waals surface area contributed by atoms with Crippen LogP contribution in [0.3, 0.4) is 0 Å². The summed E-state index contributed by atoms with van der Waals surface area (Å²) in [4.78, 5) is 22.6. The molecule has 50 heavy (non-hydrogen) atoms. The van der Waals surface area contributed by atoms with E-state index in [4.69, 9.17) is 19.9 Å². The molecule has 2 saturated heterocycles. The van der Waals surface area contributed by atoms with E-state index in [2.05, 4.69) is 20.4 Å². The number of rotatable bonds is 11. The molecular weight excluding hydrogens is 651 g/mol. The largest absolute Gasteiger partial charge is 0.494 e.